The van der Waals surface area contributed by atoms with Gasteiger partial charge in [0.2, 0.25) is 0 Å². The summed E-state index contributed by atoms with van der Waals surface area (Å²) in [6.45, 7) is 6.18. The molecule has 2 amide bonds. The second-order valence-electron chi connectivity index (χ2n) is 5.33. The van der Waals surface area contributed by atoms with Crippen molar-refractivity contribution in [3.05, 3.63) is 11.8 Å². The molecule has 0 spiro atoms. The summed E-state index contributed by atoms with van der Waals surface area (Å²) in [6.07, 6.45) is 3.15. The fourth-order valence-corrected chi connectivity index (χ4v) is 2.37. The largest absolute Gasteiger partial charge is 0.388 e. The van der Waals surface area contributed by atoms with Gasteiger partial charge in [-0.15, -0.1) is 0 Å². The fraction of sp³-hybridized carbons (Fsp3) is 0.714. The highest BCUT2D eigenvalue weighted by atomic mass is 16.3. The molecule has 1 aromatic rings. The van der Waals surface area contributed by atoms with Crippen molar-refractivity contribution in [2.24, 2.45) is 7.05 Å². The van der Waals surface area contributed by atoms with Crippen LogP contribution in [0.15, 0.2) is 6.07 Å². The second-order valence-corrected chi connectivity index (χ2v) is 5.33. The number of nitrogens with one attached hydrogen (secondary N) is 2. The van der Waals surface area contributed by atoms with E-state index in [1.54, 1.807) is 17.8 Å². The van der Waals surface area contributed by atoms with Gasteiger partial charge in [-0.2, -0.15) is 5.10 Å². The van der Waals surface area contributed by atoms with Gasteiger partial charge in [0.25, 0.3) is 0 Å². The van der Waals surface area contributed by atoms with E-state index in [4.69, 9.17) is 0 Å². The van der Waals surface area contributed by atoms with Crippen molar-refractivity contribution in [2.45, 2.75) is 52.1 Å². The summed E-state index contributed by atoms with van der Waals surface area (Å²) in [5, 5.41) is 20.0. The number of hydrogen-bond acceptors (Lipinski definition) is 3. The molecule has 6 heteroatoms. The van der Waals surface area contributed by atoms with E-state index in [0.29, 0.717) is 18.7 Å². The standard InChI is InChI=1S/C14H26N4O2/c1-5-7-14(20,8-6-2)10-15-13(19)16-12-9-11(3)17-18(12)4/h9,20H,5-8,10H2,1-4H3,(H2,15,16,19). The highest BCUT2D eigenvalue weighted by Crippen LogP contribution is 2.18. The first-order chi connectivity index (χ1) is 9.40. The first-order valence-corrected chi connectivity index (χ1v) is 7.18. The van der Waals surface area contributed by atoms with Crippen LogP contribution in [0.3, 0.4) is 0 Å². The molecule has 0 aliphatic carbocycles. The number of rotatable bonds is 7. The van der Waals surface area contributed by atoms with Crippen molar-refractivity contribution in [3.8, 4) is 0 Å². The van der Waals surface area contributed by atoms with E-state index in [0.717, 1.165) is 18.5 Å². The number of amides is 2. The zero-order valence-electron chi connectivity index (χ0n) is 12.9. The minimum absolute atomic E-state index is 0.261. The SMILES string of the molecule is CCCC(O)(CCC)CNC(=O)Nc1cc(C)nn1C. The second kappa shape index (κ2) is 7.28. The molecular formula is C14H26N4O2. The average molecular weight is 282 g/mol. The maximum absolute atomic E-state index is 11.9. The summed E-state index contributed by atoms with van der Waals surface area (Å²) in [5.74, 6) is 0.634. The Balaban J connectivity index is 2.51. The Morgan fingerprint density at radius 2 is 2.00 bits per heavy atom. The predicted molar refractivity (Wildman–Crippen MR) is 79.7 cm³/mol. The Kier molecular flexibility index (Phi) is 6.01. The molecule has 0 atom stereocenters. The van der Waals surface area contributed by atoms with Crippen LogP contribution in [0.1, 0.15) is 45.2 Å². The number of carbonyl (C=O) groups is 1. The number of nitrogens with zero attached hydrogens (tertiary/aromatic N) is 2. The fourth-order valence-electron chi connectivity index (χ4n) is 2.37. The lowest BCUT2D eigenvalue weighted by Crippen LogP contribution is -2.44. The summed E-state index contributed by atoms with van der Waals surface area (Å²) < 4.78 is 1.61. The van der Waals surface area contributed by atoms with Crippen molar-refractivity contribution >= 4 is 11.8 Å². The summed E-state index contributed by atoms with van der Waals surface area (Å²) >= 11 is 0. The van der Waals surface area contributed by atoms with Crippen LogP contribution in [-0.2, 0) is 7.05 Å². The number of anilines is 1. The van der Waals surface area contributed by atoms with Crippen LogP contribution in [0.2, 0.25) is 0 Å². The molecule has 6 nitrogen and oxygen atoms in total. The molecule has 0 aromatic carbocycles. The van der Waals surface area contributed by atoms with Crippen LogP contribution in [-0.4, -0.2) is 33.1 Å². The number of hydrogen-bond donors (Lipinski definition) is 3. The molecule has 0 saturated carbocycles. The topological polar surface area (TPSA) is 79.2 Å². The molecule has 0 radical (unpaired) electrons. The van der Waals surface area contributed by atoms with Crippen molar-refractivity contribution in [1.82, 2.24) is 15.1 Å². The van der Waals surface area contributed by atoms with Gasteiger partial charge < -0.3 is 10.4 Å². The molecule has 1 aromatic heterocycles. The molecule has 0 saturated heterocycles. The Bertz CT molecular complexity index is 436. The highest BCUT2D eigenvalue weighted by Gasteiger charge is 2.25. The number of aryl methyl sites for hydroxylation is 2. The highest BCUT2D eigenvalue weighted by molar-refractivity contribution is 5.88. The Hall–Kier alpha value is -1.56. The molecule has 3 N–H and O–H groups in total. The molecule has 114 valence electrons. The zero-order chi connectivity index (χ0) is 15.2. The van der Waals surface area contributed by atoms with Gasteiger partial charge in [-0.1, -0.05) is 26.7 Å². The minimum Gasteiger partial charge on any atom is -0.388 e. The van der Waals surface area contributed by atoms with E-state index in [1.165, 1.54) is 0 Å². The molecule has 0 unspecified atom stereocenters. The van der Waals surface area contributed by atoms with Crippen LogP contribution >= 0.6 is 0 Å². The smallest absolute Gasteiger partial charge is 0.320 e. The van der Waals surface area contributed by atoms with E-state index in [2.05, 4.69) is 15.7 Å². The van der Waals surface area contributed by atoms with Gasteiger partial charge >= 0.3 is 6.03 Å². The van der Waals surface area contributed by atoms with E-state index >= 15 is 0 Å². The first-order valence-electron chi connectivity index (χ1n) is 7.18. The third-order valence-electron chi connectivity index (χ3n) is 3.25. The molecule has 0 aliphatic heterocycles. The number of aromatic nitrogens is 2. The van der Waals surface area contributed by atoms with Gasteiger partial charge in [0.05, 0.1) is 11.3 Å². The monoisotopic (exact) mass is 282 g/mol. The van der Waals surface area contributed by atoms with Gasteiger partial charge in [0.1, 0.15) is 5.82 Å². The number of urea groups is 1. The van der Waals surface area contributed by atoms with E-state index in [-0.39, 0.29) is 12.6 Å². The Labute approximate surface area is 120 Å². The van der Waals surface area contributed by atoms with Gasteiger partial charge in [-0.25, -0.2) is 4.79 Å². The maximum atomic E-state index is 11.9. The Morgan fingerprint density at radius 1 is 1.40 bits per heavy atom. The van der Waals surface area contributed by atoms with Crippen LogP contribution in [0, 0.1) is 6.92 Å². The lowest BCUT2D eigenvalue weighted by Gasteiger charge is -2.27. The first kappa shape index (κ1) is 16.5. The van der Waals surface area contributed by atoms with Gasteiger partial charge in [-0.05, 0) is 19.8 Å². The molecule has 0 aliphatic rings. The molecule has 0 fully saturated rings. The van der Waals surface area contributed by atoms with Gasteiger partial charge in [-0.3, -0.25) is 10.00 Å². The van der Waals surface area contributed by atoms with Crippen molar-refractivity contribution in [1.29, 1.82) is 0 Å². The van der Waals surface area contributed by atoms with Crippen molar-refractivity contribution < 1.29 is 9.90 Å². The molecule has 0 bridgehead atoms. The minimum atomic E-state index is -0.816. The molecule has 1 heterocycles. The lowest BCUT2D eigenvalue weighted by molar-refractivity contribution is 0.0245. The number of carbonyl (C=O) groups excluding carboxylic acids is 1. The van der Waals surface area contributed by atoms with Gasteiger partial charge in [0.15, 0.2) is 0 Å². The zero-order valence-corrected chi connectivity index (χ0v) is 12.9. The van der Waals surface area contributed by atoms with Crippen molar-refractivity contribution in [3.63, 3.8) is 0 Å². The van der Waals surface area contributed by atoms with Crippen LogP contribution in [0.25, 0.3) is 0 Å². The van der Waals surface area contributed by atoms with Crippen LogP contribution < -0.4 is 10.6 Å². The van der Waals surface area contributed by atoms with Crippen LogP contribution in [0.5, 0.6) is 0 Å². The normalized spacial score (nSPS) is 11.4. The quantitative estimate of drug-likeness (QED) is 0.717. The summed E-state index contributed by atoms with van der Waals surface area (Å²) in [6, 6.07) is 1.47. The Morgan fingerprint density at radius 3 is 2.45 bits per heavy atom. The van der Waals surface area contributed by atoms with E-state index < -0.39 is 5.60 Å². The molecule has 1 rings (SSSR count). The lowest BCUT2D eigenvalue weighted by atomic mass is 9.93. The van der Waals surface area contributed by atoms with Gasteiger partial charge in [0, 0.05) is 19.7 Å². The molecular weight excluding hydrogens is 256 g/mol. The van der Waals surface area contributed by atoms with Crippen molar-refractivity contribution in [2.75, 3.05) is 11.9 Å². The van der Waals surface area contributed by atoms with E-state index in [1.807, 2.05) is 20.8 Å². The summed E-state index contributed by atoms with van der Waals surface area (Å²) in [7, 11) is 1.77. The third-order valence-corrected chi connectivity index (χ3v) is 3.25. The maximum Gasteiger partial charge on any atom is 0.320 e. The summed E-state index contributed by atoms with van der Waals surface area (Å²) in [4.78, 5) is 11.9. The van der Waals surface area contributed by atoms with Crippen LogP contribution in [0.4, 0.5) is 10.6 Å². The number of aliphatic hydroxyl groups is 1. The third kappa shape index (κ3) is 4.85. The van der Waals surface area contributed by atoms with E-state index in [9.17, 15) is 9.90 Å². The molecule has 20 heavy (non-hydrogen) atoms. The summed E-state index contributed by atoms with van der Waals surface area (Å²) in [5.41, 5.74) is 0.0275. The predicted octanol–water partition coefficient (Wildman–Crippen LogP) is 2.18. The average Bonchev–Trinajstić information content (AvgIpc) is 2.66.